The molecule has 0 aliphatic carbocycles. The number of sulfonamides is 1. The molecule has 0 saturated heterocycles. The van der Waals surface area contributed by atoms with E-state index in [1.165, 1.54) is 0 Å². The standard InChI is InChI=1S/C14H14Br2N2O2S/c1-8-3-4-11(5-9(8)2)21(19,20)18-14-12(15)6-10(17)7-13(14)16/h3-7,18H,17H2,1-2H3. The number of nitrogens with one attached hydrogen (secondary N) is 1. The first-order valence-electron chi connectivity index (χ1n) is 6.05. The molecule has 0 aliphatic heterocycles. The Kier molecular flexibility index (Phi) is 4.65. The van der Waals surface area contributed by atoms with Crippen LogP contribution in [0.2, 0.25) is 0 Å². The Morgan fingerprint density at radius 2 is 1.57 bits per heavy atom. The minimum atomic E-state index is -3.66. The van der Waals surface area contributed by atoms with Gasteiger partial charge in [0.25, 0.3) is 10.0 Å². The van der Waals surface area contributed by atoms with Crippen molar-refractivity contribution in [2.45, 2.75) is 18.7 Å². The molecule has 21 heavy (non-hydrogen) atoms. The summed E-state index contributed by atoms with van der Waals surface area (Å²) in [4.78, 5) is 0.223. The van der Waals surface area contributed by atoms with E-state index in [0.717, 1.165) is 11.1 Å². The van der Waals surface area contributed by atoms with Crippen LogP contribution in [0.4, 0.5) is 11.4 Å². The number of hydrogen-bond donors (Lipinski definition) is 2. The molecule has 0 aliphatic rings. The third-order valence-corrected chi connectivity index (χ3v) is 5.69. The highest BCUT2D eigenvalue weighted by Gasteiger charge is 2.18. The molecule has 2 aromatic rings. The van der Waals surface area contributed by atoms with Gasteiger partial charge in [-0.25, -0.2) is 8.42 Å². The molecule has 0 bridgehead atoms. The van der Waals surface area contributed by atoms with Crippen LogP contribution in [0.3, 0.4) is 0 Å². The third kappa shape index (κ3) is 3.59. The molecule has 0 amide bonds. The first-order valence-corrected chi connectivity index (χ1v) is 9.12. The van der Waals surface area contributed by atoms with E-state index in [1.807, 2.05) is 13.8 Å². The molecule has 0 saturated carbocycles. The monoisotopic (exact) mass is 432 g/mol. The lowest BCUT2D eigenvalue weighted by atomic mass is 10.1. The van der Waals surface area contributed by atoms with Crippen molar-refractivity contribution < 1.29 is 8.42 Å². The Morgan fingerprint density at radius 3 is 2.10 bits per heavy atom. The van der Waals surface area contributed by atoms with Crippen molar-refractivity contribution in [2.24, 2.45) is 0 Å². The molecule has 0 radical (unpaired) electrons. The number of halogens is 2. The molecule has 2 rings (SSSR count). The van der Waals surface area contributed by atoms with E-state index in [0.29, 0.717) is 20.3 Å². The fourth-order valence-electron chi connectivity index (χ4n) is 1.76. The molecule has 0 atom stereocenters. The van der Waals surface area contributed by atoms with Crippen molar-refractivity contribution in [1.29, 1.82) is 0 Å². The molecule has 0 unspecified atom stereocenters. The molecule has 4 nitrogen and oxygen atoms in total. The van der Waals surface area contributed by atoms with Crippen LogP contribution in [0.25, 0.3) is 0 Å². The van der Waals surface area contributed by atoms with E-state index >= 15 is 0 Å². The highest BCUT2D eigenvalue weighted by atomic mass is 79.9. The van der Waals surface area contributed by atoms with Crippen molar-refractivity contribution in [3.8, 4) is 0 Å². The van der Waals surface area contributed by atoms with Crippen LogP contribution in [-0.4, -0.2) is 8.42 Å². The Labute approximate surface area is 141 Å². The number of benzene rings is 2. The topological polar surface area (TPSA) is 72.2 Å². The molecule has 0 aromatic heterocycles. The minimum Gasteiger partial charge on any atom is -0.399 e. The second-order valence-corrected chi connectivity index (χ2v) is 8.10. The molecule has 0 spiro atoms. The van der Waals surface area contributed by atoms with Gasteiger partial charge in [0, 0.05) is 14.6 Å². The van der Waals surface area contributed by atoms with Gasteiger partial charge in [0.15, 0.2) is 0 Å². The number of hydrogen-bond acceptors (Lipinski definition) is 3. The van der Waals surface area contributed by atoms with Crippen molar-refractivity contribution in [2.75, 3.05) is 10.5 Å². The van der Waals surface area contributed by atoms with Crippen LogP contribution in [0.5, 0.6) is 0 Å². The minimum absolute atomic E-state index is 0.223. The fourth-order valence-corrected chi connectivity index (χ4v) is 4.63. The van der Waals surface area contributed by atoms with Crippen LogP contribution in [-0.2, 0) is 10.0 Å². The van der Waals surface area contributed by atoms with E-state index in [4.69, 9.17) is 5.73 Å². The molecule has 0 fully saturated rings. The number of anilines is 2. The van der Waals surface area contributed by atoms with Crippen LogP contribution in [0.1, 0.15) is 11.1 Å². The summed E-state index contributed by atoms with van der Waals surface area (Å²) in [6, 6.07) is 8.31. The highest BCUT2D eigenvalue weighted by molar-refractivity contribution is 9.11. The summed E-state index contributed by atoms with van der Waals surface area (Å²) in [5.41, 5.74) is 8.62. The maximum atomic E-state index is 12.5. The molecule has 0 heterocycles. The Hall–Kier alpha value is -1.05. The van der Waals surface area contributed by atoms with Crippen molar-refractivity contribution in [3.05, 3.63) is 50.4 Å². The molecular weight excluding hydrogens is 420 g/mol. The van der Waals surface area contributed by atoms with E-state index < -0.39 is 10.0 Å². The normalized spacial score (nSPS) is 11.4. The van der Waals surface area contributed by atoms with Gasteiger partial charge >= 0.3 is 0 Å². The van der Waals surface area contributed by atoms with Gasteiger partial charge in [-0.15, -0.1) is 0 Å². The lowest BCUT2D eigenvalue weighted by Crippen LogP contribution is -2.14. The number of aryl methyl sites for hydroxylation is 2. The van der Waals surface area contributed by atoms with Crippen LogP contribution >= 0.6 is 31.9 Å². The second-order valence-electron chi connectivity index (χ2n) is 4.71. The summed E-state index contributed by atoms with van der Waals surface area (Å²) < 4.78 is 28.7. The summed E-state index contributed by atoms with van der Waals surface area (Å²) in [6.07, 6.45) is 0. The van der Waals surface area contributed by atoms with Gasteiger partial charge in [0.2, 0.25) is 0 Å². The predicted molar refractivity (Wildman–Crippen MR) is 93.0 cm³/mol. The fraction of sp³-hybridized carbons (Fsp3) is 0.143. The average Bonchev–Trinajstić information content (AvgIpc) is 2.37. The van der Waals surface area contributed by atoms with Gasteiger partial charge in [-0.2, -0.15) is 0 Å². The smallest absolute Gasteiger partial charge is 0.261 e. The Balaban J connectivity index is 2.44. The lowest BCUT2D eigenvalue weighted by molar-refractivity contribution is 0.601. The Bertz CT molecular complexity index is 782. The van der Waals surface area contributed by atoms with E-state index in [1.54, 1.807) is 30.3 Å². The average molecular weight is 434 g/mol. The zero-order valence-corrected chi connectivity index (χ0v) is 15.4. The SMILES string of the molecule is Cc1ccc(S(=O)(=O)Nc2c(Br)cc(N)cc2Br)cc1C. The molecular formula is C14H14Br2N2O2S. The van der Waals surface area contributed by atoms with Gasteiger partial charge in [0.1, 0.15) is 0 Å². The second kappa shape index (κ2) is 5.98. The maximum Gasteiger partial charge on any atom is 0.261 e. The van der Waals surface area contributed by atoms with Gasteiger partial charge in [-0.05, 0) is 81.1 Å². The molecule has 7 heteroatoms. The lowest BCUT2D eigenvalue weighted by Gasteiger charge is -2.13. The number of nitrogens with two attached hydrogens (primary N) is 1. The maximum absolute atomic E-state index is 12.5. The highest BCUT2D eigenvalue weighted by Crippen LogP contribution is 2.35. The summed E-state index contributed by atoms with van der Waals surface area (Å²) >= 11 is 6.62. The summed E-state index contributed by atoms with van der Waals surface area (Å²) in [6.45, 7) is 3.82. The van der Waals surface area contributed by atoms with Crippen LogP contribution < -0.4 is 10.5 Å². The van der Waals surface area contributed by atoms with Crippen molar-refractivity contribution in [3.63, 3.8) is 0 Å². The molecule has 2 aromatic carbocycles. The van der Waals surface area contributed by atoms with Crippen LogP contribution in [0, 0.1) is 13.8 Å². The van der Waals surface area contributed by atoms with E-state index in [-0.39, 0.29) is 4.90 Å². The van der Waals surface area contributed by atoms with Gasteiger partial charge < -0.3 is 5.73 Å². The van der Waals surface area contributed by atoms with Gasteiger partial charge in [-0.1, -0.05) is 6.07 Å². The Morgan fingerprint density at radius 1 is 1.00 bits per heavy atom. The first-order chi connectivity index (χ1) is 9.70. The predicted octanol–water partition coefficient (Wildman–Crippen LogP) is 4.21. The van der Waals surface area contributed by atoms with Gasteiger partial charge in [-0.3, -0.25) is 4.72 Å². The molecule has 3 N–H and O–H groups in total. The largest absolute Gasteiger partial charge is 0.399 e. The summed E-state index contributed by atoms with van der Waals surface area (Å²) in [5.74, 6) is 0. The van der Waals surface area contributed by atoms with E-state index in [2.05, 4.69) is 36.6 Å². The van der Waals surface area contributed by atoms with Crippen molar-refractivity contribution in [1.82, 2.24) is 0 Å². The van der Waals surface area contributed by atoms with Crippen LogP contribution in [0.15, 0.2) is 44.2 Å². The zero-order chi connectivity index (χ0) is 15.8. The summed E-state index contributed by atoms with van der Waals surface area (Å²) in [7, 11) is -3.66. The number of rotatable bonds is 3. The summed E-state index contributed by atoms with van der Waals surface area (Å²) in [5, 5.41) is 0. The van der Waals surface area contributed by atoms with Gasteiger partial charge in [0.05, 0.1) is 10.6 Å². The molecule has 112 valence electrons. The third-order valence-electron chi connectivity index (χ3n) is 3.09. The van der Waals surface area contributed by atoms with Crippen molar-refractivity contribution >= 4 is 53.3 Å². The number of nitrogen functional groups attached to an aromatic ring is 1. The zero-order valence-electron chi connectivity index (χ0n) is 11.4. The first kappa shape index (κ1) is 16.3. The van der Waals surface area contributed by atoms with E-state index in [9.17, 15) is 8.42 Å². The quantitative estimate of drug-likeness (QED) is 0.712.